The van der Waals surface area contributed by atoms with Gasteiger partial charge < -0.3 is 14.2 Å². The van der Waals surface area contributed by atoms with E-state index in [-0.39, 0.29) is 17.9 Å². The van der Waals surface area contributed by atoms with Crippen molar-refractivity contribution in [3.63, 3.8) is 0 Å². The number of hydrogen-bond donors (Lipinski definition) is 0. The lowest BCUT2D eigenvalue weighted by Crippen LogP contribution is -2.42. The SMILES string of the molecule is CS(=O)(=O)c1ccc2c(ccn2-c2ccc(OC3CCN(C(=O)CCl)CC3)cn2)c1. The van der Waals surface area contributed by atoms with Crippen molar-refractivity contribution in [2.45, 2.75) is 23.8 Å². The molecule has 1 fully saturated rings. The van der Waals surface area contributed by atoms with E-state index in [1.165, 1.54) is 6.26 Å². The second kappa shape index (κ2) is 8.28. The largest absolute Gasteiger partial charge is 0.489 e. The molecular formula is C21H22ClN3O4S. The van der Waals surface area contributed by atoms with Crippen LogP contribution in [0.4, 0.5) is 0 Å². The second-order valence-electron chi connectivity index (χ2n) is 7.36. The molecule has 4 rings (SSSR count). The minimum atomic E-state index is -3.25. The Bertz CT molecular complexity index is 1170. The van der Waals surface area contributed by atoms with Crippen molar-refractivity contribution in [1.29, 1.82) is 0 Å². The molecule has 1 amide bonds. The molecule has 0 bridgehead atoms. The van der Waals surface area contributed by atoms with Crippen LogP contribution >= 0.6 is 11.6 Å². The number of pyridine rings is 1. The Morgan fingerprint density at radius 1 is 1.20 bits per heavy atom. The van der Waals surface area contributed by atoms with Crippen LogP contribution in [0.1, 0.15) is 12.8 Å². The van der Waals surface area contributed by atoms with Gasteiger partial charge in [0, 0.05) is 43.8 Å². The average molecular weight is 448 g/mol. The van der Waals surface area contributed by atoms with E-state index in [0.29, 0.717) is 29.6 Å². The number of carbonyl (C=O) groups is 1. The van der Waals surface area contributed by atoms with Gasteiger partial charge in [0.05, 0.1) is 16.6 Å². The zero-order chi connectivity index (χ0) is 21.3. The number of sulfone groups is 1. The number of aromatic nitrogens is 2. The summed E-state index contributed by atoms with van der Waals surface area (Å²) in [5.74, 6) is 1.37. The summed E-state index contributed by atoms with van der Waals surface area (Å²) in [5.41, 5.74) is 0.875. The van der Waals surface area contributed by atoms with Gasteiger partial charge in [0.1, 0.15) is 23.6 Å². The molecule has 0 atom stereocenters. The minimum Gasteiger partial charge on any atom is -0.489 e. The summed E-state index contributed by atoms with van der Waals surface area (Å²) < 4.78 is 31.5. The summed E-state index contributed by atoms with van der Waals surface area (Å²) in [7, 11) is -3.25. The summed E-state index contributed by atoms with van der Waals surface area (Å²) >= 11 is 5.61. The van der Waals surface area contributed by atoms with Gasteiger partial charge in [-0.2, -0.15) is 0 Å². The lowest BCUT2D eigenvalue weighted by atomic mass is 10.1. The number of fused-ring (bicyclic) bond motifs is 1. The Kier molecular flexibility index (Phi) is 5.71. The fourth-order valence-electron chi connectivity index (χ4n) is 3.64. The summed E-state index contributed by atoms with van der Waals surface area (Å²) in [6.07, 6.45) is 6.31. The lowest BCUT2D eigenvalue weighted by Gasteiger charge is -2.31. The first-order valence-electron chi connectivity index (χ1n) is 9.63. The molecule has 0 N–H and O–H groups in total. The molecule has 2 aromatic heterocycles. The van der Waals surface area contributed by atoms with E-state index in [4.69, 9.17) is 16.3 Å². The molecule has 7 nitrogen and oxygen atoms in total. The van der Waals surface area contributed by atoms with Crippen LogP contribution in [-0.2, 0) is 14.6 Å². The van der Waals surface area contributed by atoms with E-state index in [1.54, 1.807) is 29.3 Å². The van der Waals surface area contributed by atoms with Gasteiger partial charge in [-0.1, -0.05) is 0 Å². The molecule has 0 aliphatic carbocycles. The molecule has 1 aliphatic rings. The third-order valence-electron chi connectivity index (χ3n) is 5.27. The maximum atomic E-state index is 11.8. The van der Waals surface area contributed by atoms with Crippen molar-refractivity contribution in [1.82, 2.24) is 14.5 Å². The van der Waals surface area contributed by atoms with E-state index < -0.39 is 9.84 Å². The number of alkyl halides is 1. The van der Waals surface area contributed by atoms with Crippen LogP contribution in [0.5, 0.6) is 5.75 Å². The minimum absolute atomic E-state index is 0.0144. The monoisotopic (exact) mass is 447 g/mol. The maximum absolute atomic E-state index is 11.8. The molecule has 0 unspecified atom stereocenters. The summed E-state index contributed by atoms with van der Waals surface area (Å²) in [6, 6.07) is 10.7. The molecule has 3 aromatic rings. The highest BCUT2D eigenvalue weighted by Gasteiger charge is 2.23. The Balaban J connectivity index is 1.46. The first-order valence-corrected chi connectivity index (χ1v) is 12.1. The number of nitrogens with zero attached hydrogens (tertiary/aromatic N) is 3. The molecule has 1 aromatic carbocycles. The van der Waals surface area contributed by atoms with Gasteiger partial charge >= 0.3 is 0 Å². The highest BCUT2D eigenvalue weighted by Crippen LogP contribution is 2.24. The van der Waals surface area contributed by atoms with E-state index in [0.717, 1.165) is 23.7 Å². The van der Waals surface area contributed by atoms with E-state index >= 15 is 0 Å². The number of ether oxygens (including phenoxy) is 1. The first kappa shape index (κ1) is 20.7. The average Bonchev–Trinajstić information content (AvgIpc) is 3.17. The molecule has 0 radical (unpaired) electrons. The molecular weight excluding hydrogens is 426 g/mol. The highest BCUT2D eigenvalue weighted by molar-refractivity contribution is 7.90. The summed E-state index contributed by atoms with van der Waals surface area (Å²) in [6.45, 7) is 1.29. The number of carbonyl (C=O) groups excluding carboxylic acids is 1. The third kappa shape index (κ3) is 4.29. The first-order chi connectivity index (χ1) is 14.3. The van der Waals surface area contributed by atoms with Crippen LogP contribution in [0.25, 0.3) is 16.7 Å². The molecule has 0 saturated carbocycles. The normalized spacial score (nSPS) is 15.5. The van der Waals surface area contributed by atoms with Crippen molar-refractivity contribution in [2.75, 3.05) is 25.2 Å². The van der Waals surface area contributed by atoms with Crippen LogP contribution in [0.15, 0.2) is 53.7 Å². The lowest BCUT2D eigenvalue weighted by molar-refractivity contribution is -0.130. The summed E-state index contributed by atoms with van der Waals surface area (Å²) in [4.78, 5) is 18.2. The standard InChI is InChI=1S/C21H22ClN3O4S/c1-30(27,28)18-3-4-19-15(12-18)6-11-25(19)20-5-2-17(14-23-20)29-16-7-9-24(10-8-16)21(26)13-22/h2-6,11-12,14,16H,7-10,13H2,1H3. The molecule has 158 valence electrons. The third-order valence-corrected chi connectivity index (χ3v) is 6.61. The van der Waals surface area contributed by atoms with Crippen LogP contribution in [0, 0.1) is 0 Å². The zero-order valence-electron chi connectivity index (χ0n) is 16.5. The number of piperidine rings is 1. The smallest absolute Gasteiger partial charge is 0.237 e. The number of halogens is 1. The van der Waals surface area contributed by atoms with Gasteiger partial charge in [0.15, 0.2) is 9.84 Å². The van der Waals surface area contributed by atoms with Gasteiger partial charge in [-0.25, -0.2) is 13.4 Å². The van der Waals surface area contributed by atoms with Crippen molar-refractivity contribution < 1.29 is 17.9 Å². The Morgan fingerprint density at radius 3 is 2.60 bits per heavy atom. The summed E-state index contributed by atoms with van der Waals surface area (Å²) in [5, 5.41) is 0.832. The molecule has 1 aliphatic heterocycles. The Hall–Kier alpha value is -2.58. The number of amides is 1. The van der Waals surface area contributed by atoms with Crippen molar-refractivity contribution >= 4 is 38.2 Å². The van der Waals surface area contributed by atoms with E-state index in [9.17, 15) is 13.2 Å². The Morgan fingerprint density at radius 2 is 1.97 bits per heavy atom. The topological polar surface area (TPSA) is 81.5 Å². The van der Waals surface area contributed by atoms with Gasteiger partial charge in [-0.05, 0) is 36.4 Å². The zero-order valence-corrected chi connectivity index (χ0v) is 18.1. The fraction of sp³-hybridized carbons (Fsp3) is 0.333. The number of benzene rings is 1. The van der Waals surface area contributed by atoms with Crippen molar-refractivity contribution in [3.8, 4) is 11.6 Å². The van der Waals surface area contributed by atoms with Gasteiger partial charge in [-0.3, -0.25) is 4.79 Å². The predicted octanol–water partition coefficient (Wildman–Crippen LogP) is 3.04. The van der Waals surface area contributed by atoms with Crippen LogP contribution in [0.3, 0.4) is 0 Å². The molecule has 9 heteroatoms. The predicted molar refractivity (Wildman–Crippen MR) is 115 cm³/mol. The molecule has 30 heavy (non-hydrogen) atoms. The number of hydrogen-bond acceptors (Lipinski definition) is 5. The van der Waals surface area contributed by atoms with Crippen LogP contribution in [0.2, 0.25) is 0 Å². The van der Waals surface area contributed by atoms with Crippen LogP contribution in [-0.4, -0.2) is 60.1 Å². The van der Waals surface area contributed by atoms with Crippen LogP contribution < -0.4 is 4.74 Å². The van der Waals surface area contributed by atoms with Gasteiger partial charge in [0.2, 0.25) is 5.91 Å². The van der Waals surface area contributed by atoms with Crippen molar-refractivity contribution in [2.24, 2.45) is 0 Å². The van der Waals surface area contributed by atoms with Gasteiger partial charge in [0.25, 0.3) is 0 Å². The second-order valence-corrected chi connectivity index (χ2v) is 9.65. The fourth-order valence-corrected chi connectivity index (χ4v) is 4.46. The maximum Gasteiger partial charge on any atom is 0.237 e. The quantitative estimate of drug-likeness (QED) is 0.561. The van der Waals surface area contributed by atoms with Crippen molar-refractivity contribution in [3.05, 3.63) is 48.8 Å². The number of likely N-dealkylation sites (tertiary alicyclic amines) is 1. The highest BCUT2D eigenvalue weighted by atomic mass is 35.5. The molecule has 0 spiro atoms. The molecule has 1 saturated heterocycles. The molecule has 3 heterocycles. The van der Waals surface area contributed by atoms with Gasteiger partial charge in [-0.15, -0.1) is 11.6 Å². The van der Waals surface area contributed by atoms with E-state index in [1.807, 2.05) is 29.0 Å². The Labute approximate surface area is 180 Å². The van der Waals surface area contributed by atoms with E-state index in [2.05, 4.69) is 4.98 Å². The number of rotatable bonds is 5.